The first-order valence-electron chi connectivity index (χ1n) is 10.4. The van der Waals surface area contributed by atoms with Gasteiger partial charge in [0.15, 0.2) is 0 Å². The van der Waals surface area contributed by atoms with Crippen LogP contribution in [-0.4, -0.2) is 29.6 Å². The maximum absolute atomic E-state index is 12.1. The van der Waals surface area contributed by atoms with E-state index < -0.39 is 11.9 Å². The number of esters is 2. The summed E-state index contributed by atoms with van der Waals surface area (Å²) in [5, 5.41) is 0. The third-order valence-corrected chi connectivity index (χ3v) is 4.24. The summed E-state index contributed by atoms with van der Waals surface area (Å²) in [6.07, 6.45) is 12.1. The molecule has 0 saturated carbocycles. The topological polar surface area (TPSA) is 65.5 Å². The number of nitrogens with zero attached hydrogens (tertiary/aromatic N) is 1. The molecule has 0 radical (unpaired) electrons. The maximum Gasteiger partial charge on any atom is 0.357 e. The molecule has 1 rings (SSSR count). The molecule has 1 heterocycles. The Bertz CT molecular complexity index is 557. The van der Waals surface area contributed by atoms with Gasteiger partial charge >= 0.3 is 11.9 Å². The molecule has 1 aromatic rings. The Morgan fingerprint density at radius 3 is 1.93 bits per heavy atom. The fraction of sp³-hybridized carbons (Fsp3) is 0.682. The number of carbonyl (C=O) groups is 2. The van der Waals surface area contributed by atoms with Crippen LogP contribution in [0.1, 0.15) is 106 Å². The lowest BCUT2D eigenvalue weighted by Gasteiger charge is -2.08. The molecule has 0 aliphatic carbocycles. The second-order valence-corrected chi connectivity index (χ2v) is 7.18. The van der Waals surface area contributed by atoms with Gasteiger partial charge in [-0.15, -0.1) is 0 Å². The second kappa shape index (κ2) is 14.2. The third-order valence-electron chi connectivity index (χ3n) is 4.24. The number of ether oxygens (including phenoxy) is 2. The van der Waals surface area contributed by atoms with E-state index in [1.165, 1.54) is 57.4 Å². The van der Waals surface area contributed by atoms with Crippen molar-refractivity contribution in [2.75, 3.05) is 6.61 Å². The van der Waals surface area contributed by atoms with Gasteiger partial charge in [0.05, 0.1) is 12.7 Å². The SMILES string of the molecule is CCCCCCCCCCCCOC(=O)c1cccc(C(=O)OC(C)C)n1. The molecule has 0 aliphatic rings. The molecule has 0 bridgehead atoms. The van der Waals surface area contributed by atoms with Crippen molar-refractivity contribution < 1.29 is 19.1 Å². The zero-order chi connectivity index (χ0) is 19.9. The minimum Gasteiger partial charge on any atom is -0.461 e. The van der Waals surface area contributed by atoms with E-state index in [9.17, 15) is 9.59 Å². The van der Waals surface area contributed by atoms with Crippen LogP contribution in [0.3, 0.4) is 0 Å². The van der Waals surface area contributed by atoms with Crippen LogP contribution in [0.15, 0.2) is 18.2 Å². The summed E-state index contributed by atoms with van der Waals surface area (Å²) >= 11 is 0. The average Bonchev–Trinajstić information content (AvgIpc) is 2.65. The largest absolute Gasteiger partial charge is 0.461 e. The molecule has 1 aromatic heterocycles. The second-order valence-electron chi connectivity index (χ2n) is 7.18. The summed E-state index contributed by atoms with van der Waals surface area (Å²) in [7, 11) is 0. The summed E-state index contributed by atoms with van der Waals surface area (Å²) in [5.41, 5.74) is 0.261. The van der Waals surface area contributed by atoms with Crippen LogP contribution < -0.4 is 0 Å². The lowest BCUT2D eigenvalue weighted by Crippen LogP contribution is -2.15. The molecule has 5 nitrogen and oxygen atoms in total. The smallest absolute Gasteiger partial charge is 0.357 e. The van der Waals surface area contributed by atoms with Gasteiger partial charge in [-0.25, -0.2) is 14.6 Å². The number of hydrogen-bond acceptors (Lipinski definition) is 5. The van der Waals surface area contributed by atoms with Crippen molar-refractivity contribution in [3.63, 3.8) is 0 Å². The molecular formula is C22H35NO4. The predicted octanol–water partition coefficient (Wildman–Crippen LogP) is 5.72. The zero-order valence-electron chi connectivity index (χ0n) is 17.2. The number of aromatic nitrogens is 1. The number of unbranched alkanes of at least 4 members (excludes halogenated alkanes) is 9. The van der Waals surface area contributed by atoms with Crippen LogP contribution in [0, 0.1) is 0 Å². The number of hydrogen-bond donors (Lipinski definition) is 0. The summed E-state index contributed by atoms with van der Waals surface area (Å²) in [6, 6.07) is 4.69. The summed E-state index contributed by atoms with van der Waals surface area (Å²) in [6.45, 7) is 6.16. The van der Waals surface area contributed by atoms with Gasteiger partial charge < -0.3 is 9.47 Å². The molecule has 0 N–H and O–H groups in total. The highest BCUT2D eigenvalue weighted by Crippen LogP contribution is 2.11. The Morgan fingerprint density at radius 2 is 1.37 bits per heavy atom. The van der Waals surface area contributed by atoms with Gasteiger partial charge in [-0.2, -0.15) is 0 Å². The van der Waals surface area contributed by atoms with Crippen LogP contribution in [0.5, 0.6) is 0 Å². The minimum atomic E-state index is -0.533. The predicted molar refractivity (Wildman–Crippen MR) is 107 cm³/mol. The van der Waals surface area contributed by atoms with Crippen LogP contribution in [-0.2, 0) is 9.47 Å². The van der Waals surface area contributed by atoms with E-state index >= 15 is 0 Å². The van der Waals surface area contributed by atoms with Crippen molar-refractivity contribution in [3.05, 3.63) is 29.6 Å². The van der Waals surface area contributed by atoms with E-state index in [1.807, 2.05) is 0 Å². The van der Waals surface area contributed by atoms with Crippen molar-refractivity contribution in [1.82, 2.24) is 4.98 Å². The minimum absolute atomic E-state index is 0.122. The maximum atomic E-state index is 12.1. The zero-order valence-corrected chi connectivity index (χ0v) is 17.2. The molecule has 0 fully saturated rings. The Morgan fingerprint density at radius 1 is 0.852 bits per heavy atom. The normalized spacial score (nSPS) is 10.8. The van der Waals surface area contributed by atoms with Crippen LogP contribution in [0.2, 0.25) is 0 Å². The summed E-state index contributed by atoms with van der Waals surface area (Å²) < 4.78 is 10.4. The van der Waals surface area contributed by atoms with Gasteiger partial charge in [0, 0.05) is 0 Å². The van der Waals surface area contributed by atoms with E-state index in [4.69, 9.17) is 9.47 Å². The monoisotopic (exact) mass is 377 g/mol. The highest BCUT2D eigenvalue weighted by Gasteiger charge is 2.15. The molecule has 0 amide bonds. The Balaban J connectivity index is 2.17. The first-order valence-corrected chi connectivity index (χ1v) is 10.4. The molecule has 152 valence electrons. The lowest BCUT2D eigenvalue weighted by atomic mass is 10.1. The van der Waals surface area contributed by atoms with Crippen LogP contribution >= 0.6 is 0 Å². The first-order chi connectivity index (χ1) is 13.0. The van der Waals surface area contributed by atoms with Gasteiger partial charge in [0.25, 0.3) is 0 Å². The van der Waals surface area contributed by atoms with Crippen molar-refractivity contribution in [1.29, 1.82) is 0 Å². The van der Waals surface area contributed by atoms with Crippen LogP contribution in [0.25, 0.3) is 0 Å². The summed E-state index contributed by atoms with van der Waals surface area (Å²) in [5.74, 6) is -1.03. The number of rotatable bonds is 14. The fourth-order valence-corrected chi connectivity index (χ4v) is 2.76. The van der Waals surface area contributed by atoms with Crippen molar-refractivity contribution >= 4 is 11.9 Å². The van der Waals surface area contributed by atoms with Gasteiger partial charge in [0.1, 0.15) is 11.4 Å². The Labute approximate surface area is 163 Å². The van der Waals surface area contributed by atoms with Gasteiger partial charge in [-0.05, 0) is 32.4 Å². The molecular weight excluding hydrogens is 342 g/mol. The lowest BCUT2D eigenvalue weighted by molar-refractivity contribution is 0.0370. The van der Waals surface area contributed by atoms with E-state index in [1.54, 1.807) is 26.0 Å². The van der Waals surface area contributed by atoms with Crippen molar-refractivity contribution in [2.24, 2.45) is 0 Å². The first kappa shape index (κ1) is 23.1. The number of carbonyl (C=O) groups excluding carboxylic acids is 2. The Kier molecular flexibility index (Phi) is 12.2. The standard InChI is InChI=1S/C22H35NO4/c1-4-5-6-7-8-9-10-11-12-13-17-26-21(24)19-15-14-16-20(23-19)22(25)27-18(2)3/h14-16,18H,4-13,17H2,1-3H3. The van der Waals surface area contributed by atoms with E-state index in [0.29, 0.717) is 6.61 Å². The molecule has 0 atom stereocenters. The molecule has 27 heavy (non-hydrogen) atoms. The molecule has 5 heteroatoms. The van der Waals surface area contributed by atoms with Crippen molar-refractivity contribution in [2.45, 2.75) is 91.1 Å². The highest BCUT2D eigenvalue weighted by atomic mass is 16.5. The van der Waals surface area contributed by atoms with E-state index in [0.717, 1.165) is 12.8 Å². The van der Waals surface area contributed by atoms with E-state index in [-0.39, 0.29) is 17.5 Å². The van der Waals surface area contributed by atoms with Crippen LogP contribution in [0.4, 0.5) is 0 Å². The molecule has 0 unspecified atom stereocenters. The Hall–Kier alpha value is -1.91. The van der Waals surface area contributed by atoms with Gasteiger partial charge in [-0.1, -0.05) is 70.8 Å². The molecule has 0 aliphatic heterocycles. The third kappa shape index (κ3) is 10.7. The van der Waals surface area contributed by atoms with Crippen molar-refractivity contribution in [3.8, 4) is 0 Å². The number of pyridine rings is 1. The fourth-order valence-electron chi connectivity index (χ4n) is 2.76. The highest BCUT2D eigenvalue weighted by molar-refractivity contribution is 5.91. The van der Waals surface area contributed by atoms with Gasteiger partial charge in [-0.3, -0.25) is 0 Å². The molecule has 0 spiro atoms. The average molecular weight is 378 g/mol. The molecule has 0 saturated heterocycles. The van der Waals surface area contributed by atoms with E-state index in [2.05, 4.69) is 11.9 Å². The summed E-state index contributed by atoms with van der Waals surface area (Å²) in [4.78, 5) is 28.0. The van der Waals surface area contributed by atoms with Gasteiger partial charge in [0.2, 0.25) is 0 Å². The molecule has 0 aromatic carbocycles. The quantitative estimate of drug-likeness (QED) is 0.306.